The van der Waals surface area contributed by atoms with Gasteiger partial charge in [-0.15, -0.1) is 11.3 Å². The van der Waals surface area contributed by atoms with Crippen molar-refractivity contribution in [2.24, 2.45) is 0 Å². The van der Waals surface area contributed by atoms with Crippen LogP contribution in [0.5, 0.6) is 0 Å². The minimum atomic E-state index is -4.62. The van der Waals surface area contributed by atoms with Gasteiger partial charge in [0.2, 0.25) is 5.91 Å². The molecule has 0 aliphatic heterocycles. The van der Waals surface area contributed by atoms with Crippen molar-refractivity contribution in [3.8, 4) is 0 Å². The first-order valence-electron chi connectivity index (χ1n) is 8.37. The number of hydrogen-bond acceptors (Lipinski definition) is 4. The number of likely N-dealkylation sites (N-methyl/N-ethyl adjacent to an activating group) is 1. The van der Waals surface area contributed by atoms with Crippen LogP contribution < -0.4 is 5.32 Å². The number of para-hydroxylation sites is 1. The van der Waals surface area contributed by atoms with E-state index in [1.54, 1.807) is 18.9 Å². The number of rotatable bonds is 5. The second kappa shape index (κ2) is 8.06. The first-order valence-corrected chi connectivity index (χ1v) is 9.57. The Hall–Kier alpha value is -2.16. The molecule has 3 aromatic rings. The number of fused-ring (bicyclic) bond motifs is 1. The quantitative estimate of drug-likeness (QED) is 0.590. The molecule has 0 aliphatic carbocycles. The van der Waals surface area contributed by atoms with Gasteiger partial charge in [-0.05, 0) is 44.3 Å². The van der Waals surface area contributed by atoms with E-state index < -0.39 is 23.7 Å². The lowest BCUT2D eigenvalue weighted by molar-refractivity contribution is -0.137. The molecule has 2 aromatic carbocycles. The minimum Gasteiger partial charge on any atom is -0.324 e. The smallest absolute Gasteiger partial charge is 0.324 e. The number of thiazole rings is 1. The van der Waals surface area contributed by atoms with Crippen molar-refractivity contribution in [1.82, 2.24) is 9.88 Å². The molecule has 1 aromatic heterocycles. The number of aromatic nitrogens is 1. The molecule has 0 saturated carbocycles. The summed E-state index contributed by atoms with van der Waals surface area (Å²) in [6.07, 6.45) is -4.62. The van der Waals surface area contributed by atoms with Crippen molar-refractivity contribution in [2.45, 2.75) is 25.7 Å². The minimum absolute atomic E-state index is 0.0497. The first kappa shape index (κ1) is 20.6. The fourth-order valence-corrected chi connectivity index (χ4v) is 3.84. The number of amides is 1. The number of carbonyl (C=O) groups is 1. The van der Waals surface area contributed by atoms with Gasteiger partial charge in [0.05, 0.1) is 34.1 Å². The van der Waals surface area contributed by atoms with E-state index in [1.165, 1.54) is 17.4 Å². The lowest BCUT2D eigenvalue weighted by Crippen LogP contribution is -2.39. The normalized spacial score (nSPS) is 13.1. The Labute approximate surface area is 168 Å². The molecule has 1 amide bonds. The van der Waals surface area contributed by atoms with Gasteiger partial charge < -0.3 is 5.32 Å². The zero-order chi connectivity index (χ0) is 20.5. The van der Waals surface area contributed by atoms with E-state index in [9.17, 15) is 18.0 Å². The topological polar surface area (TPSA) is 45.2 Å². The van der Waals surface area contributed by atoms with E-state index in [0.717, 1.165) is 27.4 Å². The standard InChI is InChI=1S/C19H17ClF3N3OS/c1-11(26(2)10-17-24-15-5-3-4-6-16(15)28-17)18(27)25-14-8-7-12(20)9-13(14)19(21,22)23/h3-9,11H,10H2,1-2H3,(H,25,27). The van der Waals surface area contributed by atoms with Crippen LogP contribution >= 0.6 is 22.9 Å². The van der Waals surface area contributed by atoms with Gasteiger partial charge in [0, 0.05) is 5.02 Å². The lowest BCUT2D eigenvalue weighted by atomic mass is 10.1. The van der Waals surface area contributed by atoms with E-state index in [2.05, 4.69) is 10.3 Å². The summed E-state index contributed by atoms with van der Waals surface area (Å²) in [5, 5.41) is 3.14. The molecule has 1 N–H and O–H groups in total. The molecule has 0 aliphatic rings. The molecule has 1 atom stereocenters. The lowest BCUT2D eigenvalue weighted by Gasteiger charge is -2.23. The highest BCUT2D eigenvalue weighted by Gasteiger charge is 2.34. The Morgan fingerprint density at radius 1 is 1.29 bits per heavy atom. The molecule has 0 saturated heterocycles. The van der Waals surface area contributed by atoms with E-state index >= 15 is 0 Å². The number of alkyl halides is 3. The predicted molar refractivity (Wildman–Crippen MR) is 106 cm³/mol. The molecule has 4 nitrogen and oxygen atoms in total. The molecule has 3 rings (SSSR count). The summed E-state index contributed by atoms with van der Waals surface area (Å²) in [6, 6.07) is 10.3. The van der Waals surface area contributed by atoms with Gasteiger partial charge in [0.1, 0.15) is 5.01 Å². The molecule has 1 heterocycles. The Balaban J connectivity index is 1.72. The number of anilines is 1. The zero-order valence-corrected chi connectivity index (χ0v) is 16.6. The summed E-state index contributed by atoms with van der Waals surface area (Å²) in [6.45, 7) is 2.03. The maximum absolute atomic E-state index is 13.2. The number of hydrogen-bond donors (Lipinski definition) is 1. The SMILES string of the molecule is CC(C(=O)Nc1ccc(Cl)cc1C(F)(F)F)N(C)Cc1nc2ccccc2s1. The average Bonchev–Trinajstić information content (AvgIpc) is 3.03. The summed E-state index contributed by atoms with van der Waals surface area (Å²) in [7, 11) is 1.73. The predicted octanol–water partition coefficient (Wildman–Crippen LogP) is 5.43. The highest BCUT2D eigenvalue weighted by Crippen LogP contribution is 2.36. The zero-order valence-electron chi connectivity index (χ0n) is 15.0. The Kier molecular flexibility index (Phi) is 5.92. The molecule has 0 bridgehead atoms. The number of nitrogens with zero attached hydrogens (tertiary/aromatic N) is 2. The van der Waals surface area contributed by atoms with Crippen LogP contribution in [0.2, 0.25) is 5.02 Å². The fraction of sp³-hybridized carbons (Fsp3) is 0.263. The third kappa shape index (κ3) is 4.63. The number of halogens is 4. The highest BCUT2D eigenvalue weighted by molar-refractivity contribution is 7.18. The van der Waals surface area contributed by atoms with Crippen molar-refractivity contribution in [1.29, 1.82) is 0 Å². The maximum Gasteiger partial charge on any atom is 0.418 e. The summed E-state index contributed by atoms with van der Waals surface area (Å²) in [5.41, 5.74) is -0.416. The van der Waals surface area contributed by atoms with Crippen LogP contribution in [0.3, 0.4) is 0 Å². The molecular weight excluding hydrogens is 411 g/mol. The third-order valence-electron chi connectivity index (χ3n) is 4.31. The molecule has 1 unspecified atom stereocenters. The first-order chi connectivity index (χ1) is 13.1. The van der Waals surface area contributed by atoms with Gasteiger partial charge in [-0.1, -0.05) is 23.7 Å². The van der Waals surface area contributed by atoms with Crippen molar-refractivity contribution < 1.29 is 18.0 Å². The van der Waals surface area contributed by atoms with Crippen LogP contribution in [0.25, 0.3) is 10.2 Å². The van der Waals surface area contributed by atoms with Crippen LogP contribution in [0.4, 0.5) is 18.9 Å². The Morgan fingerprint density at radius 2 is 2.00 bits per heavy atom. The highest BCUT2D eigenvalue weighted by atomic mass is 35.5. The van der Waals surface area contributed by atoms with Crippen molar-refractivity contribution in [2.75, 3.05) is 12.4 Å². The average molecular weight is 428 g/mol. The van der Waals surface area contributed by atoms with Crippen LogP contribution in [0.15, 0.2) is 42.5 Å². The van der Waals surface area contributed by atoms with E-state index in [4.69, 9.17) is 11.6 Å². The summed E-state index contributed by atoms with van der Waals surface area (Å²) >= 11 is 7.19. The Bertz CT molecular complexity index is 972. The van der Waals surface area contributed by atoms with Gasteiger partial charge in [-0.25, -0.2) is 4.98 Å². The molecule has 9 heteroatoms. The van der Waals surface area contributed by atoms with Crippen LogP contribution in [-0.4, -0.2) is 28.9 Å². The second-order valence-electron chi connectivity index (χ2n) is 6.34. The van der Waals surface area contributed by atoms with E-state index in [-0.39, 0.29) is 10.7 Å². The summed E-state index contributed by atoms with van der Waals surface area (Å²) in [5.74, 6) is -0.545. The summed E-state index contributed by atoms with van der Waals surface area (Å²) in [4.78, 5) is 18.8. The van der Waals surface area contributed by atoms with Gasteiger partial charge in [0.25, 0.3) is 0 Å². The van der Waals surface area contributed by atoms with E-state index in [0.29, 0.717) is 6.54 Å². The monoisotopic (exact) mass is 427 g/mol. The molecule has 0 fully saturated rings. The number of carbonyl (C=O) groups excluding carboxylic acids is 1. The largest absolute Gasteiger partial charge is 0.418 e. The van der Waals surface area contributed by atoms with Crippen LogP contribution in [0, 0.1) is 0 Å². The van der Waals surface area contributed by atoms with Gasteiger partial charge in [0.15, 0.2) is 0 Å². The van der Waals surface area contributed by atoms with E-state index in [1.807, 2.05) is 24.3 Å². The molecular formula is C19H17ClF3N3OS. The molecule has 0 radical (unpaired) electrons. The second-order valence-corrected chi connectivity index (χ2v) is 7.89. The van der Waals surface area contributed by atoms with Gasteiger partial charge in [-0.3, -0.25) is 9.69 Å². The van der Waals surface area contributed by atoms with Crippen LogP contribution in [0.1, 0.15) is 17.5 Å². The van der Waals surface area contributed by atoms with Gasteiger partial charge in [-0.2, -0.15) is 13.2 Å². The van der Waals surface area contributed by atoms with Crippen molar-refractivity contribution in [3.05, 3.63) is 58.1 Å². The Morgan fingerprint density at radius 3 is 2.68 bits per heavy atom. The van der Waals surface area contributed by atoms with Crippen molar-refractivity contribution in [3.63, 3.8) is 0 Å². The van der Waals surface area contributed by atoms with Crippen molar-refractivity contribution >= 4 is 44.7 Å². The number of nitrogens with one attached hydrogen (secondary N) is 1. The molecule has 28 heavy (non-hydrogen) atoms. The summed E-state index contributed by atoms with van der Waals surface area (Å²) < 4.78 is 40.6. The maximum atomic E-state index is 13.2. The van der Waals surface area contributed by atoms with Gasteiger partial charge >= 0.3 is 6.18 Å². The fourth-order valence-electron chi connectivity index (χ4n) is 2.64. The molecule has 0 spiro atoms. The van der Waals surface area contributed by atoms with Crippen LogP contribution in [-0.2, 0) is 17.5 Å². The number of benzene rings is 2. The molecule has 148 valence electrons. The third-order valence-corrected chi connectivity index (χ3v) is 5.56.